The SMILES string of the molecule is Cc1cn(C(C)C)c(Nc2ccn(C)n2)n1. The van der Waals surface area contributed by atoms with Crippen LogP contribution < -0.4 is 5.32 Å². The van der Waals surface area contributed by atoms with E-state index < -0.39 is 0 Å². The number of hydrogen-bond acceptors (Lipinski definition) is 3. The lowest BCUT2D eigenvalue weighted by atomic mass is 10.4. The Morgan fingerprint density at radius 1 is 1.38 bits per heavy atom. The van der Waals surface area contributed by atoms with E-state index in [-0.39, 0.29) is 0 Å². The lowest BCUT2D eigenvalue weighted by Crippen LogP contribution is -2.05. The standard InChI is InChI=1S/C11H17N5/c1-8(2)16-7-9(3)12-11(16)13-10-5-6-15(4)14-10/h5-8H,1-4H3,(H,12,13,14). The number of hydrogen-bond donors (Lipinski definition) is 1. The Hall–Kier alpha value is -1.78. The molecule has 0 aliphatic carbocycles. The second kappa shape index (κ2) is 4.00. The summed E-state index contributed by atoms with van der Waals surface area (Å²) in [5.74, 6) is 1.65. The van der Waals surface area contributed by atoms with E-state index in [0.29, 0.717) is 6.04 Å². The molecule has 2 aromatic heterocycles. The Morgan fingerprint density at radius 3 is 2.69 bits per heavy atom. The minimum atomic E-state index is 0.382. The summed E-state index contributed by atoms with van der Waals surface area (Å²) in [6.45, 7) is 6.25. The van der Waals surface area contributed by atoms with Crippen LogP contribution in [-0.2, 0) is 7.05 Å². The number of imidazole rings is 1. The molecule has 0 aromatic carbocycles. The van der Waals surface area contributed by atoms with Crippen LogP contribution in [0.25, 0.3) is 0 Å². The molecule has 0 bridgehead atoms. The summed E-state index contributed by atoms with van der Waals surface area (Å²) in [6.07, 6.45) is 3.94. The van der Waals surface area contributed by atoms with Crippen LogP contribution in [0.2, 0.25) is 0 Å². The van der Waals surface area contributed by atoms with Crippen molar-refractivity contribution in [1.29, 1.82) is 0 Å². The van der Waals surface area contributed by atoms with Crippen molar-refractivity contribution in [3.8, 4) is 0 Å². The monoisotopic (exact) mass is 219 g/mol. The number of aryl methyl sites for hydroxylation is 2. The molecule has 0 atom stereocenters. The summed E-state index contributed by atoms with van der Waals surface area (Å²) in [6, 6.07) is 2.31. The molecule has 0 aliphatic heterocycles. The fraction of sp³-hybridized carbons (Fsp3) is 0.455. The van der Waals surface area contributed by atoms with Gasteiger partial charge in [0, 0.05) is 31.5 Å². The zero-order chi connectivity index (χ0) is 11.7. The lowest BCUT2D eigenvalue weighted by molar-refractivity contribution is 0.607. The highest BCUT2D eigenvalue weighted by Gasteiger charge is 2.09. The van der Waals surface area contributed by atoms with Crippen molar-refractivity contribution in [1.82, 2.24) is 19.3 Å². The molecular formula is C11H17N5. The predicted octanol–water partition coefficient (Wildman–Crippen LogP) is 2.25. The Balaban J connectivity index is 2.27. The number of aromatic nitrogens is 4. The highest BCUT2D eigenvalue weighted by atomic mass is 15.3. The molecule has 2 rings (SSSR count). The lowest BCUT2D eigenvalue weighted by Gasteiger charge is -2.11. The zero-order valence-electron chi connectivity index (χ0n) is 10.1. The summed E-state index contributed by atoms with van der Waals surface area (Å²) in [5, 5.41) is 7.48. The molecule has 16 heavy (non-hydrogen) atoms. The Labute approximate surface area is 95.1 Å². The van der Waals surface area contributed by atoms with Crippen molar-refractivity contribution in [2.45, 2.75) is 26.8 Å². The molecule has 0 amide bonds. The van der Waals surface area contributed by atoms with Gasteiger partial charge in [-0.05, 0) is 20.8 Å². The first-order valence-corrected chi connectivity index (χ1v) is 5.38. The molecular weight excluding hydrogens is 202 g/mol. The third kappa shape index (κ3) is 2.08. The molecule has 2 heterocycles. The van der Waals surface area contributed by atoms with E-state index in [1.165, 1.54) is 0 Å². The minimum absolute atomic E-state index is 0.382. The van der Waals surface area contributed by atoms with Crippen LogP contribution >= 0.6 is 0 Å². The van der Waals surface area contributed by atoms with Gasteiger partial charge in [-0.25, -0.2) is 4.98 Å². The number of anilines is 2. The van der Waals surface area contributed by atoms with Crippen LogP contribution in [-0.4, -0.2) is 19.3 Å². The average Bonchev–Trinajstić information content (AvgIpc) is 2.74. The van der Waals surface area contributed by atoms with Gasteiger partial charge in [-0.3, -0.25) is 4.68 Å². The van der Waals surface area contributed by atoms with Gasteiger partial charge >= 0.3 is 0 Å². The van der Waals surface area contributed by atoms with Gasteiger partial charge in [-0.15, -0.1) is 0 Å². The minimum Gasteiger partial charge on any atom is -0.314 e. The van der Waals surface area contributed by atoms with Gasteiger partial charge in [-0.1, -0.05) is 0 Å². The molecule has 0 aliphatic rings. The smallest absolute Gasteiger partial charge is 0.209 e. The van der Waals surface area contributed by atoms with E-state index in [2.05, 4.69) is 33.8 Å². The van der Waals surface area contributed by atoms with E-state index in [0.717, 1.165) is 17.5 Å². The maximum Gasteiger partial charge on any atom is 0.209 e. The van der Waals surface area contributed by atoms with E-state index >= 15 is 0 Å². The summed E-state index contributed by atoms with van der Waals surface area (Å²) in [7, 11) is 1.89. The topological polar surface area (TPSA) is 47.7 Å². The Kier molecular flexibility index (Phi) is 2.68. The summed E-state index contributed by atoms with van der Waals surface area (Å²) in [4.78, 5) is 4.44. The molecule has 1 N–H and O–H groups in total. The van der Waals surface area contributed by atoms with Crippen molar-refractivity contribution < 1.29 is 0 Å². The normalized spacial score (nSPS) is 11.1. The van der Waals surface area contributed by atoms with Gasteiger partial charge in [0.05, 0.1) is 5.69 Å². The van der Waals surface area contributed by atoms with Crippen LogP contribution in [0.5, 0.6) is 0 Å². The Bertz CT molecular complexity index is 480. The fourth-order valence-electron chi connectivity index (χ4n) is 1.60. The molecule has 0 saturated carbocycles. The first-order valence-electron chi connectivity index (χ1n) is 5.38. The third-order valence-corrected chi connectivity index (χ3v) is 2.36. The van der Waals surface area contributed by atoms with Crippen molar-refractivity contribution in [2.24, 2.45) is 7.05 Å². The molecule has 5 nitrogen and oxygen atoms in total. The maximum atomic E-state index is 4.44. The van der Waals surface area contributed by atoms with Crippen molar-refractivity contribution in [2.75, 3.05) is 5.32 Å². The van der Waals surface area contributed by atoms with Crippen LogP contribution in [0, 0.1) is 6.92 Å². The van der Waals surface area contributed by atoms with Gasteiger partial charge < -0.3 is 9.88 Å². The van der Waals surface area contributed by atoms with E-state index in [4.69, 9.17) is 0 Å². The fourth-order valence-corrected chi connectivity index (χ4v) is 1.60. The van der Waals surface area contributed by atoms with Gasteiger partial charge in [0.25, 0.3) is 0 Å². The molecule has 0 unspecified atom stereocenters. The van der Waals surface area contributed by atoms with Crippen LogP contribution in [0.3, 0.4) is 0 Å². The average molecular weight is 219 g/mol. The van der Waals surface area contributed by atoms with Crippen LogP contribution in [0.1, 0.15) is 25.6 Å². The molecule has 0 fully saturated rings. The van der Waals surface area contributed by atoms with Crippen molar-refractivity contribution in [3.05, 3.63) is 24.2 Å². The molecule has 0 spiro atoms. The second-order valence-electron chi connectivity index (χ2n) is 4.21. The van der Waals surface area contributed by atoms with Gasteiger partial charge in [0.15, 0.2) is 5.82 Å². The zero-order valence-corrected chi connectivity index (χ0v) is 10.1. The van der Waals surface area contributed by atoms with Gasteiger partial charge in [0.1, 0.15) is 0 Å². The summed E-state index contributed by atoms with van der Waals surface area (Å²) < 4.78 is 3.86. The molecule has 86 valence electrons. The third-order valence-electron chi connectivity index (χ3n) is 2.36. The molecule has 5 heteroatoms. The van der Waals surface area contributed by atoms with E-state index in [1.54, 1.807) is 4.68 Å². The summed E-state index contributed by atoms with van der Waals surface area (Å²) >= 11 is 0. The summed E-state index contributed by atoms with van der Waals surface area (Å²) in [5.41, 5.74) is 1.01. The van der Waals surface area contributed by atoms with Crippen molar-refractivity contribution in [3.63, 3.8) is 0 Å². The first-order chi connectivity index (χ1) is 7.56. The molecule has 0 saturated heterocycles. The maximum absolute atomic E-state index is 4.44. The quantitative estimate of drug-likeness (QED) is 0.861. The van der Waals surface area contributed by atoms with Crippen LogP contribution in [0.4, 0.5) is 11.8 Å². The number of nitrogens with one attached hydrogen (secondary N) is 1. The van der Waals surface area contributed by atoms with Crippen LogP contribution in [0.15, 0.2) is 18.5 Å². The van der Waals surface area contributed by atoms with Gasteiger partial charge in [0.2, 0.25) is 5.95 Å². The number of rotatable bonds is 3. The van der Waals surface area contributed by atoms with Crippen molar-refractivity contribution >= 4 is 11.8 Å². The van der Waals surface area contributed by atoms with E-state index in [9.17, 15) is 0 Å². The highest BCUT2D eigenvalue weighted by molar-refractivity contribution is 5.48. The molecule has 0 radical (unpaired) electrons. The first kappa shape index (κ1) is 10.7. The second-order valence-corrected chi connectivity index (χ2v) is 4.21. The number of nitrogens with zero attached hydrogens (tertiary/aromatic N) is 4. The molecule has 2 aromatic rings. The largest absolute Gasteiger partial charge is 0.314 e. The Morgan fingerprint density at radius 2 is 2.12 bits per heavy atom. The predicted molar refractivity (Wildman–Crippen MR) is 63.8 cm³/mol. The van der Waals surface area contributed by atoms with E-state index in [1.807, 2.05) is 32.4 Å². The van der Waals surface area contributed by atoms with Gasteiger partial charge in [-0.2, -0.15) is 5.10 Å². The highest BCUT2D eigenvalue weighted by Crippen LogP contribution is 2.18.